The van der Waals surface area contributed by atoms with E-state index in [2.05, 4.69) is 27.0 Å². The van der Waals surface area contributed by atoms with Gasteiger partial charge >= 0.3 is 0 Å². The van der Waals surface area contributed by atoms with E-state index in [-0.39, 0.29) is 22.1 Å². The zero-order chi connectivity index (χ0) is 21.1. The summed E-state index contributed by atoms with van der Waals surface area (Å²) < 4.78 is 5.13. The summed E-state index contributed by atoms with van der Waals surface area (Å²) in [7, 11) is 1.46. The Kier molecular flexibility index (Phi) is 5.88. The van der Waals surface area contributed by atoms with Gasteiger partial charge in [-0.15, -0.1) is 0 Å². The molecule has 0 aliphatic carbocycles. The molecule has 2 aromatic carbocycles. The highest BCUT2D eigenvalue weighted by molar-refractivity contribution is 6.32. The number of aromatic nitrogens is 2. The maximum absolute atomic E-state index is 12.5. The van der Waals surface area contributed by atoms with Crippen molar-refractivity contribution in [1.29, 1.82) is 0 Å². The standard InChI is InChI=1S/C23H22ClN3O3/c1-30-20-12-16(11-18(24)22(20)28)7-8-21-25-19-14-27(10-9-17(19)23(29)26-21)13-15-5-3-2-4-6-15/h2-8,11-12,28H,9-10,13-14H2,1H3,(H,25,26,29). The first-order chi connectivity index (χ1) is 14.5. The van der Waals surface area contributed by atoms with E-state index in [1.165, 1.54) is 12.7 Å². The summed E-state index contributed by atoms with van der Waals surface area (Å²) in [6.45, 7) is 2.28. The van der Waals surface area contributed by atoms with Gasteiger partial charge in [0.1, 0.15) is 5.82 Å². The highest BCUT2D eigenvalue weighted by atomic mass is 35.5. The molecule has 4 rings (SSSR count). The highest BCUT2D eigenvalue weighted by Gasteiger charge is 2.20. The van der Waals surface area contributed by atoms with Gasteiger partial charge < -0.3 is 14.8 Å². The van der Waals surface area contributed by atoms with Crippen molar-refractivity contribution in [2.45, 2.75) is 19.5 Å². The van der Waals surface area contributed by atoms with Crippen molar-refractivity contribution in [3.05, 3.63) is 86.0 Å². The van der Waals surface area contributed by atoms with Crippen LogP contribution in [0, 0.1) is 0 Å². The molecule has 0 atom stereocenters. The first-order valence-corrected chi connectivity index (χ1v) is 10.0. The normalized spacial score (nSPS) is 14.1. The van der Waals surface area contributed by atoms with Crippen LogP contribution in [0.5, 0.6) is 11.5 Å². The number of nitrogens with one attached hydrogen (secondary N) is 1. The number of halogens is 1. The van der Waals surface area contributed by atoms with E-state index in [1.807, 2.05) is 18.2 Å². The van der Waals surface area contributed by atoms with E-state index in [9.17, 15) is 9.90 Å². The Labute approximate surface area is 179 Å². The monoisotopic (exact) mass is 423 g/mol. The van der Waals surface area contributed by atoms with Gasteiger partial charge in [-0.3, -0.25) is 9.69 Å². The van der Waals surface area contributed by atoms with Crippen LogP contribution in [-0.4, -0.2) is 33.6 Å². The lowest BCUT2D eigenvalue weighted by atomic mass is 10.1. The van der Waals surface area contributed by atoms with Gasteiger partial charge in [-0.25, -0.2) is 4.98 Å². The molecule has 0 unspecified atom stereocenters. The molecule has 0 saturated heterocycles. The van der Waals surface area contributed by atoms with E-state index in [4.69, 9.17) is 16.3 Å². The SMILES string of the molecule is COc1cc(C=Cc2nc3c(c(=O)[nH]2)CCN(Cc2ccccc2)C3)cc(Cl)c1O. The number of hydrogen-bond acceptors (Lipinski definition) is 5. The molecule has 0 fully saturated rings. The topological polar surface area (TPSA) is 78.5 Å². The van der Waals surface area contributed by atoms with Crippen molar-refractivity contribution in [2.24, 2.45) is 0 Å². The Morgan fingerprint density at radius 1 is 1.27 bits per heavy atom. The maximum atomic E-state index is 12.5. The van der Waals surface area contributed by atoms with Crippen LogP contribution in [0.2, 0.25) is 5.02 Å². The number of benzene rings is 2. The number of rotatable bonds is 5. The number of nitrogens with zero attached hydrogens (tertiary/aromatic N) is 2. The Morgan fingerprint density at radius 3 is 2.83 bits per heavy atom. The second kappa shape index (κ2) is 8.73. The van der Waals surface area contributed by atoms with Crippen LogP contribution < -0.4 is 10.3 Å². The molecule has 2 heterocycles. The third-order valence-electron chi connectivity index (χ3n) is 5.12. The van der Waals surface area contributed by atoms with Gasteiger partial charge in [0.25, 0.3) is 5.56 Å². The van der Waals surface area contributed by atoms with Crippen molar-refractivity contribution in [2.75, 3.05) is 13.7 Å². The molecule has 154 valence electrons. The zero-order valence-electron chi connectivity index (χ0n) is 16.6. The van der Waals surface area contributed by atoms with Gasteiger partial charge in [-0.1, -0.05) is 48.0 Å². The number of ether oxygens (including phenoxy) is 1. The molecule has 1 aliphatic heterocycles. The lowest BCUT2D eigenvalue weighted by Crippen LogP contribution is -2.35. The molecule has 0 amide bonds. The second-order valence-corrected chi connectivity index (χ2v) is 7.62. The summed E-state index contributed by atoms with van der Waals surface area (Å²) in [5.74, 6) is 0.657. The van der Waals surface area contributed by atoms with E-state index < -0.39 is 0 Å². The number of H-pyrrole nitrogens is 1. The van der Waals surface area contributed by atoms with Crippen molar-refractivity contribution < 1.29 is 9.84 Å². The van der Waals surface area contributed by atoms with Gasteiger partial charge in [0, 0.05) is 25.2 Å². The van der Waals surface area contributed by atoms with Crippen LogP contribution in [-0.2, 0) is 19.5 Å². The summed E-state index contributed by atoms with van der Waals surface area (Å²) in [6, 6.07) is 13.6. The Bertz CT molecular complexity index is 1140. The fraction of sp³-hybridized carbons (Fsp3) is 0.217. The van der Waals surface area contributed by atoms with E-state index in [0.29, 0.717) is 18.8 Å². The molecule has 7 heteroatoms. The highest BCUT2D eigenvalue weighted by Crippen LogP contribution is 2.35. The average molecular weight is 424 g/mol. The van der Waals surface area contributed by atoms with Gasteiger partial charge in [0.15, 0.2) is 11.5 Å². The van der Waals surface area contributed by atoms with Crippen molar-refractivity contribution in [3.8, 4) is 11.5 Å². The Morgan fingerprint density at radius 2 is 2.07 bits per heavy atom. The van der Waals surface area contributed by atoms with Crippen LogP contribution >= 0.6 is 11.6 Å². The van der Waals surface area contributed by atoms with Crippen molar-refractivity contribution in [3.63, 3.8) is 0 Å². The number of aromatic hydroxyl groups is 1. The third kappa shape index (κ3) is 4.40. The van der Waals surface area contributed by atoms with E-state index >= 15 is 0 Å². The molecule has 3 aromatic rings. The molecular weight excluding hydrogens is 402 g/mol. The smallest absolute Gasteiger partial charge is 0.254 e. The zero-order valence-corrected chi connectivity index (χ0v) is 17.3. The number of hydrogen-bond donors (Lipinski definition) is 2. The lowest BCUT2D eigenvalue weighted by molar-refractivity contribution is 0.240. The molecule has 2 N–H and O–H groups in total. The number of phenolic OH excluding ortho intramolecular Hbond substituents is 1. The molecule has 0 radical (unpaired) electrons. The van der Waals surface area contributed by atoms with Crippen LogP contribution in [0.3, 0.4) is 0 Å². The largest absolute Gasteiger partial charge is 0.503 e. The van der Waals surface area contributed by atoms with Crippen molar-refractivity contribution in [1.82, 2.24) is 14.9 Å². The number of methoxy groups -OCH3 is 1. The molecular formula is C23H22ClN3O3. The summed E-state index contributed by atoms with van der Waals surface area (Å²) in [6.07, 6.45) is 4.17. The predicted octanol–water partition coefficient (Wildman–Crippen LogP) is 3.87. The number of phenols is 1. The van der Waals surface area contributed by atoms with Crippen molar-refractivity contribution >= 4 is 23.8 Å². The van der Waals surface area contributed by atoms with E-state index in [1.54, 1.807) is 24.3 Å². The summed E-state index contributed by atoms with van der Waals surface area (Å²) >= 11 is 6.04. The van der Waals surface area contributed by atoms with Gasteiger partial charge in [-0.05, 0) is 35.8 Å². The quantitative estimate of drug-likeness (QED) is 0.651. The first-order valence-electron chi connectivity index (χ1n) is 9.66. The molecule has 0 bridgehead atoms. The summed E-state index contributed by atoms with van der Waals surface area (Å²) in [5, 5.41) is 10.1. The maximum Gasteiger partial charge on any atom is 0.254 e. The van der Waals surface area contributed by atoms with Crippen LogP contribution in [0.15, 0.2) is 47.3 Å². The fourth-order valence-corrected chi connectivity index (χ4v) is 3.81. The van der Waals surface area contributed by atoms with Gasteiger partial charge in [-0.2, -0.15) is 0 Å². The average Bonchev–Trinajstić information content (AvgIpc) is 2.75. The molecule has 1 aromatic heterocycles. The summed E-state index contributed by atoms with van der Waals surface area (Å²) in [4.78, 5) is 22.3. The van der Waals surface area contributed by atoms with Crippen LogP contribution in [0.1, 0.15) is 28.2 Å². The van der Waals surface area contributed by atoms with Crippen LogP contribution in [0.4, 0.5) is 0 Å². The minimum atomic E-state index is -0.102. The first kappa shape index (κ1) is 20.2. The molecule has 6 nitrogen and oxygen atoms in total. The Hall–Kier alpha value is -3.09. The second-order valence-electron chi connectivity index (χ2n) is 7.21. The van der Waals surface area contributed by atoms with Crippen LogP contribution in [0.25, 0.3) is 12.2 Å². The predicted molar refractivity (Wildman–Crippen MR) is 118 cm³/mol. The lowest BCUT2D eigenvalue weighted by Gasteiger charge is -2.27. The Balaban J connectivity index is 1.56. The molecule has 1 aliphatic rings. The number of fused-ring (bicyclic) bond motifs is 1. The molecule has 30 heavy (non-hydrogen) atoms. The number of aromatic amines is 1. The third-order valence-corrected chi connectivity index (χ3v) is 5.41. The minimum Gasteiger partial charge on any atom is -0.503 e. The summed E-state index contributed by atoms with van der Waals surface area (Å²) in [5.41, 5.74) is 3.43. The molecule has 0 spiro atoms. The minimum absolute atomic E-state index is 0.0969. The van der Waals surface area contributed by atoms with Gasteiger partial charge in [0.05, 0.1) is 17.8 Å². The molecule has 0 saturated carbocycles. The van der Waals surface area contributed by atoms with E-state index in [0.717, 1.165) is 29.9 Å². The fourth-order valence-electron chi connectivity index (χ4n) is 3.59. The van der Waals surface area contributed by atoms with Gasteiger partial charge in [0.2, 0.25) is 0 Å².